The molecule has 1 heterocycles. The van der Waals surface area contributed by atoms with E-state index in [-0.39, 0.29) is 0 Å². The highest BCUT2D eigenvalue weighted by atomic mass is 15.1. The minimum absolute atomic E-state index is 0.805. The van der Waals surface area contributed by atoms with Gasteiger partial charge in [-0.25, -0.2) is 4.98 Å². The zero-order valence-corrected chi connectivity index (χ0v) is 11.5. The molecule has 0 unspecified atom stereocenters. The highest BCUT2D eigenvalue weighted by molar-refractivity contribution is 5.75. The number of nitrogens with zero attached hydrogens (tertiary/aromatic N) is 2. The molecule has 0 radical (unpaired) electrons. The quantitative estimate of drug-likeness (QED) is 0.609. The van der Waals surface area contributed by atoms with Crippen LogP contribution in [-0.4, -0.2) is 16.1 Å². The summed E-state index contributed by atoms with van der Waals surface area (Å²) in [6.07, 6.45) is 8.21. The average Bonchev–Trinajstić information content (AvgIpc) is 2.78. The van der Waals surface area contributed by atoms with Crippen LogP contribution in [0.4, 0.5) is 0 Å². The molecule has 0 saturated heterocycles. The molecule has 0 spiro atoms. The lowest BCUT2D eigenvalue weighted by Crippen LogP contribution is -2.18. The van der Waals surface area contributed by atoms with Gasteiger partial charge in [0.2, 0.25) is 0 Å². The third kappa shape index (κ3) is 3.36. The maximum absolute atomic E-state index is 5.24. The number of aromatic nitrogens is 2. The van der Waals surface area contributed by atoms with Crippen LogP contribution in [0.1, 0.15) is 32.0 Å². The van der Waals surface area contributed by atoms with E-state index >= 15 is 0 Å². The Balaban J connectivity index is 2.08. The second-order valence-corrected chi connectivity index (χ2v) is 4.65. The maximum Gasteiger partial charge on any atom is 0.123 e. The van der Waals surface area contributed by atoms with Gasteiger partial charge in [0.15, 0.2) is 0 Å². The van der Waals surface area contributed by atoms with E-state index in [4.69, 9.17) is 11.4 Å². The number of hydrogen-bond acceptors (Lipinski definition) is 2. The number of imidazole rings is 1. The first-order chi connectivity index (χ1) is 9.36. The Labute approximate surface area is 115 Å². The highest BCUT2D eigenvalue weighted by Gasteiger charge is 2.08. The molecule has 2 aromatic rings. The molecule has 100 valence electrons. The van der Waals surface area contributed by atoms with Crippen LogP contribution in [0.15, 0.2) is 24.3 Å². The van der Waals surface area contributed by atoms with Gasteiger partial charge in [0.05, 0.1) is 17.6 Å². The van der Waals surface area contributed by atoms with Gasteiger partial charge in [-0.05, 0) is 31.5 Å². The van der Waals surface area contributed by atoms with Gasteiger partial charge in [-0.15, -0.1) is 12.3 Å². The van der Waals surface area contributed by atoms with Gasteiger partial charge >= 0.3 is 0 Å². The summed E-state index contributed by atoms with van der Waals surface area (Å²) in [5, 5.41) is 3.42. The van der Waals surface area contributed by atoms with E-state index in [1.807, 2.05) is 6.07 Å². The van der Waals surface area contributed by atoms with Gasteiger partial charge in [-0.1, -0.05) is 19.1 Å². The molecule has 3 heteroatoms. The van der Waals surface area contributed by atoms with Crippen LogP contribution in [-0.2, 0) is 13.1 Å². The van der Waals surface area contributed by atoms with E-state index in [0.717, 1.165) is 50.2 Å². The molecule has 0 aliphatic heterocycles. The summed E-state index contributed by atoms with van der Waals surface area (Å²) >= 11 is 0. The molecular formula is C16H21N3. The number of para-hydroxylation sites is 2. The van der Waals surface area contributed by atoms with Crippen molar-refractivity contribution in [2.75, 3.05) is 6.54 Å². The van der Waals surface area contributed by atoms with E-state index < -0.39 is 0 Å². The molecule has 1 aromatic heterocycles. The molecule has 3 nitrogen and oxygen atoms in total. The Morgan fingerprint density at radius 2 is 2.21 bits per heavy atom. The van der Waals surface area contributed by atoms with Gasteiger partial charge in [0.1, 0.15) is 5.82 Å². The Morgan fingerprint density at radius 3 is 3.00 bits per heavy atom. The minimum Gasteiger partial charge on any atom is -0.327 e. The lowest BCUT2D eigenvalue weighted by atomic mass is 10.3. The van der Waals surface area contributed by atoms with Crippen molar-refractivity contribution >= 4 is 11.0 Å². The Morgan fingerprint density at radius 1 is 1.37 bits per heavy atom. The van der Waals surface area contributed by atoms with Gasteiger partial charge in [-0.3, -0.25) is 0 Å². The molecule has 0 aliphatic carbocycles. The number of benzene rings is 1. The van der Waals surface area contributed by atoms with E-state index in [2.05, 4.69) is 40.9 Å². The number of rotatable bonds is 7. The van der Waals surface area contributed by atoms with Crippen LogP contribution in [0.2, 0.25) is 0 Å². The summed E-state index contributed by atoms with van der Waals surface area (Å²) in [6, 6.07) is 8.32. The second-order valence-electron chi connectivity index (χ2n) is 4.65. The minimum atomic E-state index is 0.805. The molecule has 2 rings (SSSR count). The lowest BCUT2D eigenvalue weighted by Gasteiger charge is -2.08. The van der Waals surface area contributed by atoms with Crippen LogP contribution in [0.25, 0.3) is 11.0 Å². The van der Waals surface area contributed by atoms with Gasteiger partial charge in [0.25, 0.3) is 0 Å². The predicted octanol–water partition coefficient (Wildman–Crippen LogP) is 2.95. The summed E-state index contributed by atoms with van der Waals surface area (Å²) in [4.78, 5) is 4.71. The number of terminal acetylenes is 1. The van der Waals surface area contributed by atoms with E-state index in [9.17, 15) is 0 Å². The Bertz CT molecular complexity index is 563. The van der Waals surface area contributed by atoms with Crippen LogP contribution < -0.4 is 5.32 Å². The van der Waals surface area contributed by atoms with Gasteiger partial charge < -0.3 is 9.88 Å². The Hall–Kier alpha value is -1.79. The zero-order chi connectivity index (χ0) is 13.5. The summed E-state index contributed by atoms with van der Waals surface area (Å²) in [6.45, 7) is 4.96. The monoisotopic (exact) mass is 255 g/mol. The molecule has 0 aliphatic rings. The Kier molecular flexibility index (Phi) is 5.00. The molecule has 0 amide bonds. The summed E-state index contributed by atoms with van der Waals surface area (Å²) in [5.41, 5.74) is 2.31. The van der Waals surface area contributed by atoms with Crippen LogP contribution in [0.3, 0.4) is 0 Å². The van der Waals surface area contributed by atoms with Crippen molar-refractivity contribution in [2.24, 2.45) is 0 Å². The van der Waals surface area contributed by atoms with Crippen molar-refractivity contribution in [3.63, 3.8) is 0 Å². The standard InChI is InChI=1S/C16H21N3/c1-3-5-8-11-17-13-16-18-14-9-6-7-10-15(14)19(16)12-4-2/h1,6-7,9-10,17H,4-5,8,11-13H2,2H3. The van der Waals surface area contributed by atoms with E-state index in [0.29, 0.717) is 0 Å². The van der Waals surface area contributed by atoms with Crippen LogP contribution >= 0.6 is 0 Å². The van der Waals surface area contributed by atoms with Gasteiger partial charge in [-0.2, -0.15) is 0 Å². The number of unbranched alkanes of at least 4 members (excludes halogenated alkanes) is 1. The molecule has 1 N–H and O–H groups in total. The molecule has 0 fully saturated rings. The van der Waals surface area contributed by atoms with E-state index in [1.165, 1.54) is 5.52 Å². The first-order valence-corrected chi connectivity index (χ1v) is 6.95. The summed E-state index contributed by atoms with van der Waals surface area (Å²) in [5.74, 6) is 3.77. The molecule has 0 saturated carbocycles. The number of hydrogen-bond donors (Lipinski definition) is 1. The van der Waals surface area contributed by atoms with Crippen LogP contribution in [0, 0.1) is 12.3 Å². The van der Waals surface area contributed by atoms with Crippen molar-refractivity contribution in [3.05, 3.63) is 30.1 Å². The lowest BCUT2D eigenvalue weighted by molar-refractivity contribution is 0.589. The largest absolute Gasteiger partial charge is 0.327 e. The van der Waals surface area contributed by atoms with Crippen molar-refractivity contribution in [1.82, 2.24) is 14.9 Å². The average molecular weight is 255 g/mol. The fourth-order valence-electron chi connectivity index (χ4n) is 2.25. The first-order valence-electron chi connectivity index (χ1n) is 6.95. The van der Waals surface area contributed by atoms with Crippen molar-refractivity contribution in [1.29, 1.82) is 0 Å². The van der Waals surface area contributed by atoms with Crippen molar-refractivity contribution < 1.29 is 0 Å². The summed E-state index contributed by atoms with van der Waals surface area (Å²) < 4.78 is 2.31. The summed E-state index contributed by atoms with van der Waals surface area (Å²) in [7, 11) is 0. The molecule has 0 atom stereocenters. The number of aryl methyl sites for hydroxylation is 1. The van der Waals surface area contributed by atoms with Crippen molar-refractivity contribution in [3.8, 4) is 12.3 Å². The van der Waals surface area contributed by atoms with Crippen LogP contribution in [0.5, 0.6) is 0 Å². The zero-order valence-electron chi connectivity index (χ0n) is 11.5. The topological polar surface area (TPSA) is 29.9 Å². The van der Waals surface area contributed by atoms with Crippen molar-refractivity contribution in [2.45, 2.75) is 39.3 Å². The first kappa shape index (κ1) is 13.6. The van der Waals surface area contributed by atoms with E-state index in [1.54, 1.807) is 0 Å². The molecule has 0 bridgehead atoms. The smallest absolute Gasteiger partial charge is 0.123 e. The third-order valence-corrected chi connectivity index (χ3v) is 3.14. The van der Waals surface area contributed by atoms with Gasteiger partial charge in [0, 0.05) is 13.0 Å². The number of nitrogens with one attached hydrogen (secondary N) is 1. The highest BCUT2D eigenvalue weighted by Crippen LogP contribution is 2.16. The fraction of sp³-hybridized carbons (Fsp3) is 0.438. The normalized spacial score (nSPS) is 10.7. The number of fused-ring (bicyclic) bond motifs is 1. The SMILES string of the molecule is C#CCCCNCc1nc2ccccc2n1CCC. The predicted molar refractivity (Wildman–Crippen MR) is 79.8 cm³/mol. The molecule has 19 heavy (non-hydrogen) atoms. The molecular weight excluding hydrogens is 234 g/mol. The second kappa shape index (κ2) is 6.96. The third-order valence-electron chi connectivity index (χ3n) is 3.14. The molecule has 1 aromatic carbocycles. The fourth-order valence-corrected chi connectivity index (χ4v) is 2.25. The maximum atomic E-state index is 5.24.